The van der Waals surface area contributed by atoms with E-state index >= 15 is 0 Å². The SMILES string of the molecule is CSC(=S)O[C@H]1[C@@H]2OC(c3ccccc3)OCC2OC[C@@H]1F. The van der Waals surface area contributed by atoms with Crippen molar-refractivity contribution in [1.29, 1.82) is 0 Å². The van der Waals surface area contributed by atoms with Gasteiger partial charge in [0.1, 0.15) is 12.2 Å². The van der Waals surface area contributed by atoms with Gasteiger partial charge in [-0.2, -0.15) is 0 Å². The molecule has 0 N–H and O–H groups in total. The van der Waals surface area contributed by atoms with Crippen molar-refractivity contribution in [3.63, 3.8) is 0 Å². The Hall–Kier alpha value is -0.730. The van der Waals surface area contributed by atoms with Crippen LogP contribution in [0.1, 0.15) is 11.9 Å². The van der Waals surface area contributed by atoms with Crippen LogP contribution in [0.4, 0.5) is 4.39 Å². The summed E-state index contributed by atoms with van der Waals surface area (Å²) in [6, 6.07) is 9.54. The Kier molecular flexibility index (Phi) is 5.30. The molecule has 2 aliphatic rings. The third-order valence-corrected chi connectivity index (χ3v) is 4.71. The van der Waals surface area contributed by atoms with E-state index in [1.165, 1.54) is 11.8 Å². The highest BCUT2D eigenvalue weighted by Gasteiger charge is 2.47. The summed E-state index contributed by atoms with van der Waals surface area (Å²) >= 11 is 6.32. The minimum absolute atomic E-state index is 0.0362. The molecule has 22 heavy (non-hydrogen) atoms. The molecule has 2 saturated heterocycles. The first-order chi connectivity index (χ1) is 10.7. The summed E-state index contributed by atoms with van der Waals surface area (Å²) in [7, 11) is 0. The van der Waals surface area contributed by atoms with Gasteiger partial charge in [0.15, 0.2) is 18.6 Å². The van der Waals surface area contributed by atoms with Crippen LogP contribution in [0.5, 0.6) is 0 Å². The molecule has 1 aromatic carbocycles. The van der Waals surface area contributed by atoms with Crippen LogP contribution < -0.4 is 0 Å². The number of alkyl halides is 1. The van der Waals surface area contributed by atoms with Gasteiger partial charge in [-0.15, -0.1) is 0 Å². The largest absolute Gasteiger partial charge is 0.469 e. The molecule has 0 radical (unpaired) electrons. The molecule has 0 aromatic heterocycles. The molecule has 0 spiro atoms. The summed E-state index contributed by atoms with van der Waals surface area (Å²) in [6.07, 6.45) is -1.70. The summed E-state index contributed by atoms with van der Waals surface area (Å²) < 4.78 is 37.2. The van der Waals surface area contributed by atoms with Crippen LogP contribution in [0.15, 0.2) is 30.3 Å². The fourth-order valence-corrected chi connectivity index (χ4v) is 2.90. The van der Waals surface area contributed by atoms with E-state index in [1.807, 2.05) is 30.3 Å². The summed E-state index contributed by atoms with van der Waals surface area (Å²) in [6.45, 7) is 0.300. The van der Waals surface area contributed by atoms with Crippen LogP contribution in [0.2, 0.25) is 0 Å². The van der Waals surface area contributed by atoms with Crippen molar-refractivity contribution in [2.75, 3.05) is 19.5 Å². The smallest absolute Gasteiger partial charge is 0.220 e. The number of thioether (sulfide) groups is 1. The molecule has 3 rings (SSSR count). The third kappa shape index (κ3) is 3.44. The highest BCUT2D eigenvalue weighted by atomic mass is 32.2. The minimum atomic E-state index is -1.28. The Morgan fingerprint density at radius 2 is 2.05 bits per heavy atom. The average molecular weight is 344 g/mol. The summed E-state index contributed by atoms with van der Waals surface area (Å²) in [5, 5.41) is 0. The van der Waals surface area contributed by atoms with Crippen LogP contribution in [-0.4, -0.2) is 48.3 Å². The van der Waals surface area contributed by atoms with Crippen LogP contribution in [0.25, 0.3) is 0 Å². The predicted molar refractivity (Wildman–Crippen MR) is 85.6 cm³/mol. The average Bonchev–Trinajstić information content (AvgIpc) is 2.57. The van der Waals surface area contributed by atoms with Gasteiger partial charge >= 0.3 is 0 Å². The van der Waals surface area contributed by atoms with Crippen LogP contribution in [0, 0.1) is 0 Å². The third-order valence-electron chi connectivity index (χ3n) is 3.68. The normalized spacial score (nSPS) is 34.7. The molecule has 2 aliphatic heterocycles. The van der Waals surface area contributed by atoms with Gasteiger partial charge in [0.25, 0.3) is 0 Å². The highest BCUT2D eigenvalue weighted by molar-refractivity contribution is 8.22. The van der Waals surface area contributed by atoms with Gasteiger partial charge < -0.3 is 18.9 Å². The standard InChI is InChI=1S/C15H17FO4S2/c1-22-15(21)20-12-10(16)7-17-11-8-18-14(19-13(11)12)9-5-3-2-4-6-9/h2-6,10-14H,7-8H2,1H3/t10-,11?,12+,13+,14?/m0/s1. The number of thiocarbonyl (C=S) groups is 1. The Balaban J connectivity index is 1.75. The number of benzene rings is 1. The van der Waals surface area contributed by atoms with E-state index in [1.54, 1.807) is 6.26 Å². The molecule has 4 nitrogen and oxygen atoms in total. The molecule has 0 aliphatic carbocycles. The maximum Gasteiger partial charge on any atom is 0.220 e. The summed E-state index contributed by atoms with van der Waals surface area (Å²) in [5.74, 6) is 0. The van der Waals surface area contributed by atoms with E-state index < -0.39 is 24.7 Å². The number of hydrogen-bond acceptors (Lipinski definition) is 6. The van der Waals surface area contributed by atoms with Crippen molar-refractivity contribution in [1.82, 2.24) is 0 Å². The van der Waals surface area contributed by atoms with Crippen molar-refractivity contribution in [2.24, 2.45) is 0 Å². The number of fused-ring (bicyclic) bond motifs is 1. The van der Waals surface area contributed by atoms with E-state index in [2.05, 4.69) is 0 Å². The minimum Gasteiger partial charge on any atom is -0.469 e. The first-order valence-electron chi connectivity index (χ1n) is 7.01. The maximum atomic E-state index is 14.2. The van der Waals surface area contributed by atoms with Gasteiger partial charge in [-0.3, -0.25) is 0 Å². The molecule has 2 fully saturated rings. The second kappa shape index (κ2) is 7.23. The molecule has 0 saturated carbocycles. The molecule has 2 unspecified atom stereocenters. The number of hydrogen-bond donors (Lipinski definition) is 0. The van der Waals surface area contributed by atoms with E-state index in [9.17, 15) is 4.39 Å². The van der Waals surface area contributed by atoms with Crippen molar-refractivity contribution in [2.45, 2.75) is 30.8 Å². The number of halogens is 1. The monoisotopic (exact) mass is 344 g/mol. The van der Waals surface area contributed by atoms with Gasteiger partial charge in [-0.25, -0.2) is 4.39 Å². The van der Waals surface area contributed by atoms with E-state index in [-0.39, 0.29) is 12.7 Å². The highest BCUT2D eigenvalue weighted by Crippen LogP contribution is 2.34. The second-order valence-corrected chi connectivity index (χ2v) is 6.51. The number of ether oxygens (including phenoxy) is 4. The topological polar surface area (TPSA) is 36.9 Å². The van der Waals surface area contributed by atoms with E-state index in [0.717, 1.165) is 5.56 Å². The molecule has 120 valence electrons. The first kappa shape index (κ1) is 16.1. The zero-order valence-electron chi connectivity index (χ0n) is 12.0. The quantitative estimate of drug-likeness (QED) is 0.768. The zero-order valence-corrected chi connectivity index (χ0v) is 13.6. The first-order valence-corrected chi connectivity index (χ1v) is 8.64. The molecular weight excluding hydrogens is 327 g/mol. The fraction of sp³-hybridized carbons (Fsp3) is 0.533. The van der Waals surface area contributed by atoms with Crippen LogP contribution in [0.3, 0.4) is 0 Å². The van der Waals surface area contributed by atoms with Gasteiger partial charge in [0, 0.05) is 5.56 Å². The molecule has 7 heteroatoms. The Morgan fingerprint density at radius 3 is 2.77 bits per heavy atom. The predicted octanol–water partition coefficient (Wildman–Crippen LogP) is 2.87. The fourth-order valence-electron chi connectivity index (χ4n) is 2.58. The zero-order chi connectivity index (χ0) is 15.5. The van der Waals surface area contributed by atoms with Crippen molar-refractivity contribution < 1.29 is 23.3 Å². The number of rotatable bonds is 2. The summed E-state index contributed by atoms with van der Waals surface area (Å²) in [4.78, 5) is 0. The van der Waals surface area contributed by atoms with Crippen LogP contribution >= 0.6 is 24.0 Å². The Labute approximate surface area is 138 Å². The van der Waals surface area contributed by atoms with Crippen molar-refractivity contribution in [3.8, 4) is 0 Å². The maximum absolute atomic E-state index is 14.2. The molecule has 1 aromatic rings. The Bertz CT molecular complexity index is 516. The van der Waals surface area contributed by atoms with Crippen molar-refractivity contribution in [3.05, 3.63) is 35.9 Å². The van der Waals surface area contributed by atoms with Crippen molar-refractivity contribution >= 4 is 28.4 Å². The second-order valence-electron chi connectivity index (χ2n) is 5.10. The Morgan fingerprint density at radius 1 is 1.27 bits per heavy atom. The lowest BCUT2D eigenvalue weighted by molar-refractivity contribution is -0.306. The molecule has 0 bridgehead atoms. The van der Waals surface area contributed by atoms with Gasteiger partial charge in [0.2, 0.25) is 4.38 Å². The van der Waals surface area contributed by atoms with Crippen LogP contribution in [-0.2, 0) is 18.9 Å². The molecule has 5 atom stereocenters. The van der Waals surface area contributed by atoms with E-state index in [0.29, 0.717) is 11.0 Å². The lowest BCUT2D eigenvalue weighted by Crippen LogP contribution is -2.58. The molecule has 0 amide bonds. The van der Waals surface area contributed by atoms with Gasteiger partial charge in [-0.05, 0) is 18.5 Å². The van der Waals surface area contributed by atoms with Gasteiger partial charge in [-0.1, -0.05) is 42.1 Å². The lowest BCUT2D eigenvalue weighted by Gasteiger charge is -2.44. The molecule has 2 heterocycles. The van der Waals surface area contributed by atoms with Gasteiger partial charge in [0.05, 0.1) is 13.2 Å². The molecular formula is C15H17FO4S2. The summed E-state index contributed by atoms with van der Waals surface area (Å²) in [5.41, 5.74) is 0.883. The lowest BCUT2D eigenvalue weighted by atomic mass is 9.99. The van der Waals surface area contributed by atoms with E-state index in [4.69, 9.17) is 31.2 Å².